The SMILES string of the molecule is COc1ccc(N2CN(c3ccc(F)cc3Br)c3ccc(C(F)(F)F)cc3C2=O)c(Br)n1. The van der Waals surface area contributed by atoms with E-state index in [2.05, 4.69) is 36.8 Å². The number of hydrogen-bond donors (Lipinski definition) is 0. The predicted octanol–water partition coefficient (Wildman–Crippen LogP) is 6.53. The highest BCUT2D eigenvalue weighted by atomic mass is 79.9. The van der Waals surface area contributed by atoms with Gasteiger partial charge in [0.05, 0.1) is 35.3 Å². The summed E-state index contributed by atoms with van der Waals surface area (Å²) in [6, 6.07) is 10.0. The van der Waals surface area contributed by atoms with Gasteiger partial charge in [0.1, 0.15) is 17.1 Å². The average Bonchev–Trinajstić information content (AvgIpc) is 2.74. The van der Waals surface area contributed by atoms with Crippen molar-refractivity contribution in [3.05, 3.63) is 74.6 Å². The lowest BCUT2D eigenvalue weighted by atomic mass is 10.0. The van der Waals surface area contributed by atoms with Crippen molar-refractivity contribution in [3.63, 3.8) is 0 Å². The average molecular weight is 575 g/mol. The Bertz CT molecular complexity index is 1220. The van der Waals surface area contributed by atoms with Gasteiger partial charge in [-0.3, -0.25) is 9.69 Å². The van der Waals surface area contributed by atoms with Crippen LogP contribution in [-0.4, -0.2) is 24.7 Å². The van der Waals surface area contributed by atoms with Crippen LogP contribution in [0.25, 0.3) is 0 Å². The van der Waals surface area contributed by atoms with Gasteiger partial charge >= 0.3 is 6.18 Å². The smallest absolute Gasteiger partial charge is 0.416 e. The molecule has 0 radical (unpaired) electrons. The normalized spacial score (nSPS) is 13.9. The summed E-state index contributed by atoms with van der Waals surface area (Å²) in [5.41, 5.74) is -0.0183. The summed E-state index contributed by atoms with van der Waals surface area (Å²) in [5, 5.41) is 0. The van der Waals surface area contributed by atoms with Crippen LogP contribution in [0, 0.1) is 5.82 Å². The number of nitrogens with zero attached hydrogens (tertiary/aromatic N) is 3. The number of alkyl halides is 3. The van der Waals surface area contributed by atoms with Crippen molar-refractivity contribution in [1.82, 2.24) is 4.98 Å². The van der Waals surface area contributed by atoms with Crippen LogP contribution >= 0.6 is 31.9 Å². The first-order valence-electron chi connectivity index (χ1n) is 9.06. The lowest BCUT2D eigenvalue weighted by molar-refractivity contribution is -0.137. The number of ether oxygens (including phenoxy) is 1. The molecule has 0 saturated carbocycles. The fourth-order valence-corrected chi connectivity index (χ4v) is 4.45. The summed E-state index contributed by atoms with van der Waals surface area (Å²) < 4.78 is 59.5. The fraction of sp³-hybridized carbons (Fsp3) is 0.143. The molecule has 1 amide bonds. The Morgan fingerprint density at radius 3 is 2.28 bits per heavy atom. The summed E-state index contributed by atoms with van der Waals surface area (Å²) in [4.78, 5) is 20.4. The molecule has 2 heterocycles. The number of amides is 1. The highest BCUT2D eigenvalue weighted by Gasteiger charge is 2.37. The van der Waals surface area contributed by atoms with Crippen LogP contribution in [0.4, 0.5) is 34.6 Å². The van der Waals surface area contributed by atoms with Gasteiger partial charge in [0, 0.05) is 10.5 Å². The molecule has 5 nitrogen and oxygen atoms in total. The summed E-state index contributed by atoms with van der Waals surface area (Å²) in [7, 11) is 1.43. The number of methoxy groups -OCH3 is 1. The number of aromatic nitrogens is 1. The second-order valence-electron chi connectivity index (χ2n) is 6.79. The topological polar surface area (TPSA) is 45.7 Å². The van der Waals surface area contributed by atoms with Crippen molar-refractivity contribution < 1.29 is 27.1 Å². The van der Waals surface area contributed by atoms with Crippen LogP contribution in [0.15, 0.2) is 57.6 Å². The van der Waals surface area contributed by atoms with Gasteiger partial charge in [0.2, 0.25) is 5.88 Å². The van der Waals surface area contributed by atoms with Crippen LogP contribution in [0.1, 0.15) is 15.9 Å². The number of anilines is 3. The minimum Gasteiger partial charge on any atom is -0.481 e. The lowest BCUT2D eigenvalue weighted by Gasteiger charge is -2.39. The highest BCUT2D eigenvalue weighted by Crippen LogP contribution is 2.42. The zero-order valence-electron chi connectivity index (χ0n) is 16.3. The largest absolute Gasteiger partial charge is 0.481 e. The van der Waals surface area contributed by atoms with Gasteiger partial charge in [0.25, 0.3) is 5.91 Å². The molecule has 3 aromatic rings. The molecular formula is C21H13Br2F4N3O2. The van der Waals surface area contributed by atoms with E-state index in [0.717, 1.165) is 12.1 Å². The van der Waals surface area contributed by atoms with Gasteiger partial charge < -0.3 is 9.64 Å². The van der Waals surface area contributed by atoms with E-state index in [1.807, 2.05) is 0 Å². The molecule has 0 atom stereocenters. The molecule has 0 bridgehead atoms. The molecule has 0 N–H and O–H groups in total. The molecule has 0 spiro atoms. The maximum absolute atomic E-state index is 13.7. The van der Waals surface area contributed by atoms with Gasteiger partial charge in [-0.05, 0) is 74.3 Å². The van der Waals surface area contributed by atoms with E-state index in [4.69, 9.17) is 4.74 Å². The number of fused-ring (bicyclic) bond motifs is 1. The Kier molecular flexibility index (Phi) is 5.89. The molecule has 1 aliphatic heterocycles. The van der Waals surface area contributed by atoms with Crippen LogP contribution in [0.5, 0.6) is 5.88 Å². The Morgan fingerprint density at radius 1 is 0.969 bits per heavy atom. The summed E-state index contributed by atoms with van der Waals surface area (Å²) in [6.07, 6.45) is -4.62. The van der Waals surface area contributed by atoms with Crippen LogP contribution in [-0.2, 0) is 6.18 Å². The maximum atomic E-state index is 13.7. The molecule has 11 heteroatoms. The van der Waals surface area contributed by atoms with Gasteiger partial charge in [-0.15, -0.1) is 0 Å². The Hall–Kier alpha value is -2.66. The van der Waals surface area contributed by atoms with Crippen molar-refractivity contribution in [2.45, 2.75) is 6.18 Å². The first-order chi connectivity index (χ1) is 15.1. The minimum absolute atomic E-state index is 0.0476. The number of benzene rings is 2. The standard InChI is InChI=1S/C21H13Br2F4N3O2/c1-32-18-7-6-17(19(23)28-18)30-10-29(16-5-3-12(24)9-14(16)22)15-4-2-11(21(25,26)27)8-13(15)20(30)31/h2-9H,10H2,1H3. The molecule has 1 aliphatic rings. The molecule has 2 aromatic carbocycles. The minimum atomic E-state index is -4.62. The number of carbonyl (C=O) groups excluding carboxylic acids is 1. The summed E-state index contributed by atoms with van der Waals surface area (Å²) >= 11 is 6.60. The predicted molar refractivity (Wildman–Crippen MR) is 118 cm³/mol. The molecule has 4 rings (SSSR count). The fourth-order valence-electron chi connectivity index (χ4n) is 3.36. The van der Waals surface area contributed by atoms with Crippen LogP contribution < -0.4 is 14.5 Å². The Morgan fingerprint density at radius 2 is 1.66 bits per heavy atom. The monoisotopic (exact) mass is 573 g/mol. The molecule has 0 aliphatic carbocycles. The quantitative estimate of drug-likeness (QED) is 0.264. The second kappa shape index (κ2) is 8.36. The molecule has 0 saturated heterocycles. The van der Waals surface area contributed by atoms with Crippen molar-refractivity contribution in [1.29, 1.82) is 0 Å². The van der Waals surface area contributed by atoms with Crippen molar-refractivity contribution >= 4 is 54.8 Å². The van der Waals surface area contributed by atoms with Crippen molar-refractivity contribution in [3.8, 4) is 5.88 Å². The number of carbonyl (C=O) groups is 1. The van der Waals surface area contributed by atoms with E-state index < -0.39 is 23.5 Å². The third-order valence-electron chi connectivity index (χ3n) is 4.88. The van der Waals surface area contributed by atoms with E-state index in [-0.39, 0.29) is 22.5 Å². The molecule has 0 unspecified atom stereocenters. The lowest BCUT2D eigenvalue weighted by Crippen LogP contribution is -2.45. The number of rotatable bonds is 3. The van der Waals surface area contributed by atoms with E-state index in [1.54, 1.807) is 11.0 Å². The summed E-state index contributed by atoms with van der Waals surface area (Å²) in [6.45, 7) is -0.0476. The first-order valence-corrected chi connectivity index (χ1v) is 10.6. The van der Waals surface area contributed by atoms with E-state index in [1.165, 1.54) is 42.3 Å². The van der Waals surface area contributed by atoms with Crippen LogP contribution in [0.3, 0.4) is 0 Å². The van der Waals surface area contributed by atoms with E-state index in [9.17, 15) is 22.4 Å². The first kappa shape index (κ1) is 22.5. The third kappa shape index (κ3) is 4.06. The maximum Gasteiger partial charge on any atom is 0.416 e. The number of hydrogen-bond acceptors (Lipinski definition) is 4. The zero-order chi connectivity index (χ0) is 23.2. The molecule has 1 aromatic heterocycles. The molecular weight excluding hydrogens is 562 g/mol. The summed E-state index contributed by atoms with van der Waals surface area (Å²) in [5.74, 6) is -0.823. The van der Waals surface area contributed by atoms with E-state index >= 15 is 0 Å². The van der Waals surface area contributed by atoms with Gasteiger partial charge in [-0.1, -0.05) is 0 Å². The Balaban J connectivity index is 1.90. The second-order valence-corrected chi connectivity index (χ2v) is 8.40. The number of pyridine rings is 1. The van der Waals surface area contributed by atoms with Gasteiger partial charge in [0.15, 0.2) is 0 Å². The highest BCUT2D eigenvalue weighted by molar-refractivity contribution is 9.10. The number of halogens is 6. The molecule has 166 valence electrons. The van der Waals surface area contributed by atoms with Crippen molar-refractivity contribution in [2.24, 2.45) is 0 Å². The molecule has 0 fully saturated rings. The van der Waals surface area contributed by atoms with Gasteiger partial charge in [-0.2, -0.15) is 13.2 Å². The van der Waals surface area contributed by atoms with Crippen LogP contribution in [0.2, 0.25) is 0 Å². The zero-order valence-corrected chi connectivity index (χ0v) is 19.4. The Labute approximate surface area is 196 Å². The van der Waals surface area contributed by atoms with Gasteiger partial charge in [-0.25, -0.2) is 9.37 Å². The van der Waals surface area contributed by atoms with E-state index in [0.29, 0.717) is 21.7 Å². The van der Waals surface area contributed by atoms with Crippen molar-refractivity contribution in [2.75, 3.05) is 23.6 Å². The third-order valence-corrected chi connectivity index (χ3v) is 6.10. The molecule has 32 heavy (non-hydrogen) atoms.